The summed E-state index contributed by atoms with van der Waals surface area (Å²) in [6, 6.07) is 8.36. The summed E-state index contributed by atoms with van der Waals surface area (Å²) >= 11 is 0. The van der Waals surface area contributed by atoms with Crippen LogP contribution in [-0.4, -0.2) is 43.7 Å². The van der Waals surface area contributed by atoms with E-state index < -0.39 is 0 Å². The monoisotopic (exact) mass is 276 g/mol. The van der Waals surface area contributed by atoms with Gasteiger partial charge in [0.05, 0.1) is 6.10 Å². The first kappa shape index (κ1) is 15.3. The fourth-order valence-corrected chi connectivity index (χ4v) is 2.92. The Balaban J connectivity index is 1.90. The molecule has 1 atom stereocenters. The van der Waals surface area contributed by atoms with Gasteiger partial charge in [-0.1, -0.05) is 19.1 Å². The summed E-state index contributed by atoms with van der Waals surface area (Å²) < 4.78 is 0. The number of aliphatic hydroxyl groups excluding tert-OH is 1. The fraction of sp³-hybridized carbons (Fsp3) is 0.647. The van der Waals surface area contributed by atoms with Gasteiger partial charge in [-0.15, -0.1) is 0 Å². The van der Waals surface area contributed by atoms with Gasteiger partial charge in [0, 0.05) is 19.3 Å². The molecule has 1 heterocycles. The highest BCUT2D eigenvalue weighted by Gasteiger charge is 2.18. The molecule has 0 radical (unpaired) electrons. The van der Waals surface area contributed by atoms with Gasteiger partial charge in [0.25, 0.3) is 0 Å². The largest absolute Gasteiger partial charge is 0.388 e. The van der Waals surface area contributed by atoms with Gasteiger partial charge >= 0.3 is 0 Å². The first-order valence-electron chi connectivity index (χ1n) is 7.78. The Morgan fingerprint density at radius 1 is 1.25 bits per heavy atom. The van der Waals surface area contributed by atoms with Gasteiger partial charge in [-0.2, -0.15) is 0 Å². The minimum absolute atomic E-state index is 0.330. The number of hydrogen-bond donors (Lipinski definition) is 1. The molecule has 1 fully saturated rings. The Hall–Kier alpha value is -1.06. The molecule has 0 saturated carbocycles. The van der Waals surface area contributed by atoms with E-state index in [2.05, 4.69) is 48.2 Å². The lowest BCUT2D eigenvalue weighted by atomic mass is 9.96. The lowest BCUT2D eigenvalue weighted by Gasteiger charge is -2.32. The standard InChI is InChI=1S/C17H28N2O/c1-4-17(20)15-5-7-16(8-6-15)19(3)13-14-9-11-18(2)12-10-14/h5-8,14,17,20H,4,9-13H2,1-3H3/t17-/m1/s1. The highest BCUT2D eigenvalue weighted by Crippen LogP contribution is 2.23. The van der Waals surface area contributed by atoms with Crippen molar-refractivity contribution in [2.45, 2.75) is 32.3 Å². The van der Waals surface area contributed by atoms with Gasteiger partial charge in [-0.25, -0.2) is 0 Å². The molecular weight excluding hydrogens is 248 g/mol. The Morgan fingerprint density at radius 3 is 2.40 bits per heavy atom. The van der Waals surface area contributed by atoms with E-state index in [1.165, 1.54) is 31.6 Å². The molecule has 0 bridgehead atoms. The normalized spacial score (nSPS) is 19.0. The molecule has 0 spiro atoms. The van der Waals surface area contributed by atoms with Gasteiger partial charge in [-0.05, 0) is 63.0 Å². The van der Waals surface area contributed by atoms with Crippen LogP contribution < -0.4 is 4.90 Å². The molecule has 0 amide bonds. The quantitative estimate of drug-likeness (QED) is 0.896. The van der Waals surface area contributed by atoms with E-state index in [9.17, 15) is 5.11 Å². The Morgan fingerprint density at radius 2 is 1.85 bits per heavy atom. The highest BCUT2D eigenvalue weighted by molar-refractivity contribution is 5.47. The predicted octanol–water partition coefficient (Wildman–Crippen LogP) is 2.91. The molecule has 1 aliphatic rings. The van der Waals surface area contributed by atoms with Crippen molar-refractivity contribution in [2.24, 2.45) is 5.92 Å². The molecule has 2 rings (SSSR count). The van der Waals surface area contributed by atoms with Crippen molar-refractivity contribution in [1.82, 2.24) is 4.90 Å². The molecule has 1 N–H and O–H groups in total. The van der Waals surface area contributed by atoms with E-state index in [0.29, 0.717) is 0 Å². The Bertz CT molecular complexity index is 396. The molecule has 3 heteroatoms. The van der Waals surface area contributed by atoms with E-state index in [0.717, 1.165) is 24.4 Å². The van der Waals surface area contributed by atoms with Crippen molar-refractivity contribution in [1.29, 1.82) is 0 Å². The van der Waals surface area contributed by atoms with Crippen LogP contribution in [0.15, 0.2) is 24.3 Å². The second kappa shape index (κ2) is 7.09. The molecular formula is C17H28N2O. The number of benzene rings is 1. The van der Waals surface area contributed by atoms with Gasteiger partial charge in [-0.3, -0.25) is 0 Å². The summed E-state index contributed by atoms with van der Waals surface area (Å²) in [5, 5.41) is 9.83. The van der Waals surface area contributed by atoms with Crippen LogP contribution in [0.2, 0.25) is 0 Å². The summed E-state index contributed by atoms with van der Waals surface area (Å²) in [6.45, 7) is 5.58. The van der Waals surface area contributed by atoms with Crippen LogP contribution in [0, 0.1) is 5.92 Å². The van der Waals surface area contributed by atoms with Crippen LogP contribution in [-0.2, 0) is 0 Å². The van der Waals surface area contributed by atoms with E-state index in [1.807, 2.05) is 6.92 Å². The summed E-state index contributed by atoms with van der Waals surface area (Å²) in [6.07, 6.45) is 3.04. The number of aliphatic hydroxyl groups is 1. The molecule has 0 aliphatic carbocycles. The van der Waals surface area contributed by atoms with Gasteiger partial charge < -0.3 is 14.9 Å². The predicted molar refractivity (Wildman–Crippen MR) is 85.2 cm³/mol. The molecule has 112 valence electrons. The minimum Gasteiger partial charge on any atom is -0.388 e. The van der Waals surface area contributed by atoms with Crippen LogP contribution >= 0.6 is 0 Å². The number of piperidine rings is 1. The second-order valence-electron chi connectivity index (χ2n) is 6.14. The van der Waals surface area contributed by atoms with Gasteiger partial charge in [0.2, 0.25) is 0 Å². The van der Waals surface area contributed by atoms with Crippen molar-refractivity contribution in [3.63, 3.8) is 0 Å². The Kier molecular flexibility index (Phi) is 5.44. The molecule has 1 aromatic carbocycles. The maximum atomic E-state index is 9.83. The van der Waals surface area contributed by atoms with Crippen molar-refractivity contribution in [3.8, 4) is 0 Å². The topological polar surface area (TPSA) is 26.7 Å². The van der Waals surface area contributed by atoms with E-state index in [-0.39, 0.29) is 6.10 Å². The highest BCUT2D eigenvalue weighted by atomic mass is 16.3. The summed E-state index contributed by atoms with van der Waals surface area (Å²) in [5.74, 6) is 0.803. The Labute approximate surface area is 123 Å². The fourth-order valence-electron chi connectivity index (χ4n) is 2.92. The number of anilines is 1. The second-order valence-corrected chi connectivity index (χ2v) is 6.14. The molecule has 20 heavy (non-hydrogen) atoms. The van der Waals surface area contributed by atoms with Gasteiger partial charge in [0.15, 0.2) is 0 Å². The zero-order valence-corrected chi connectivity index (χ0v) is 13.0. The van der Waals surface area contributed by atoms with Crippen molar-refractivity contribution in [3.05, 3.63) is 29.8 Å². The smallest absolute Gasteiger partial charge is 0.0787 e. The lowest BCUT2D eigenvalue weighted by molar-refractivity contribution is 0.173. The number of hydrogen-bond acceptors (Lipinski definition) is 3. The summed E-state index contributed by atoms with van der Waals surface area (Å²) in [7, 11) is 4.38. The number of likely N-dealkylation sites (tertiary alicyclic amines) is 1. The van der Waals surface area contributed by atoms with Gasteiger partial charge in [0.1, 0.15) is 0 Å². The zero-order valence-electron chi connectivity index (χ0n) is 13.0. The summed E-state index contributed by atoms with van der Waals surface area (Å²) in [4.78, 5) is 4.76. The number of rotatable bonds is 5. The van der Waals surface area contributed by atoms with E-state index >= 15 is 0 Å². The maximum absolute atomic E-state index is 9.83. The van der Waals surface area contributed by atoms with Crippen molar-refractivity contribution < 1.29 is 5.11 Å². The van der Waals surface area contributed by atoms with Crippen LogP contribution in [0.4, 0.5) is 5.69 Å². The van der Waals surface area contributed by atoms with Crippen LogP contribution in [0.25, 0.3) is 0 Å². The van der Waals surface area contributed by atoms with Crippen LogP contribution in [0.3, 0.4) is 0 Å². The first-order valence-corrected chi connectivity index (χ1v) is 7.78. The molecule has 1 aliphatic heterocycles. The molecule has 0 aromatic heterocycles. The SMILES string of the molecule is CC[C@@H](O)c1ccc(N(C)CC2CCN(C)CC2)cc1. The third-order valence-electron chi connectivity index (χ3n) is 4.48. The van der Waals surface area contributed by atoms with E-state index in [1.54, 1.807) is 0 Å². The minimum atomic E-state index is -0.330. The molecule has 1 saturated heterocycles. The molecule has 3 nitrogen and oxygen atoms in total. The van der Waals surface area contributed by atoms with Crippen molar-refractivity contribution in [2.75, 3.05) is 38.6 Å². The maximum Gasteiger partial charge on any atom is 0.0787 e. The van der Waals surface area contributed by atoms with Crippen molar-refractivity contribution >= 4 is 5.69 Å². The average molecular weight is 276 g/mol. The molecule has 0 unspecified atom stereocenters. The van der Waals surface area contributed by atoms with Crippen LogP contribution in [0.1, 0.15) is 37.9 Å². The first-order chi connectivity index (χ1) is 9.60. The summed E-state index contributed by atoms with van der Waals surface area (Å²) in [5.41, 5.74) is 2.26. The number of nitrogens with zero attached hydrogens (tertiary/aromatic N) is 2. The third kappa shape index (κ3) is 3.97. The third-order valence-corrected chi connectivity index (χ3v) is 4.48. The van der Waals surface area contributed by atoms with Crippen LogP contribution in [0.5, 0.6) is 0 Å². The lowest BCUT2D eigenvalue weighted by Crippen LogP contribution is -2.35. The average Bonchev–Trinajstić information content (AvgIpc) is 2.49. The molecule has 1 aromatic rings. The zero-order chi connectivity index (χ0) is 14.5. The van der Waals surface area contributed by atoms with E-state index in [4.69, 9.17) is 0 Å².